The zero-order valence-electron chi connectivity index (χ0n) is 5.59. The Morgan fingerprint density at radius 3 is 2.22 bits per heavy atom. The highest BCUT2D eigenvalue weighted by Gasteiger charge is 2.00. The van der Waals surface area contributed by atoms with Gasteiger partial charge < -0.3 is 5.73 Å². The molecule has 0 aliphatic rings. The smallest absolute Gasteiger partial charge is 0.208 e. The summed E-state index contributed by atoms with van der Waals surface area (Å²) >= 11 is 0. The number of sulfonamides is 1. The molecule has 0 fully saturated rings. The minimum Gasteiger partial charge on any atom is -0.327 e. The fraction of sp³-hybridized carbons (Fsp3) is 1.00. The van der Waals surface area contributed by atoms with Crippen LogP contribution in [0.5, 0.6) is 0 Å². The Morgan fingerprint density at radius 1 is 1.67 bits per heavy atom. The quantitative estimate of drug-likeness (QED) is 0.538. The van der Waals surface area contributed by atoms with Crippen molar-refractivity contribution in [1.29, 1.82) is 0 Å². The Morgan fingerprint density at radius 2 is 2.11 bits per heavy atom. The summed E-state index contributed by atoms with van der Waals surface area (Å²) < 4.78 is 23.0. The summed E-state index contributed by atoms with van der Waals surface area (Å²) in [6.07, 6.45) is 1.11. The van der Waals surface area contributed by atoms with Crippen LogP contribution in [0.1, 0.15) is 6.92 Å². The summed E-state index contributed by atoms with van der Waals surface area (Å²) in [6.45, 7) is 2.04. The average Bonchev–Trinajstić information content (AvgIpc) is 1.59. The molecule has 5 heteroatoms. The lowest BCUT2D eigenvalue weighted by Crippen LogP contribution is -2.34. The van der Waals surface area contributed by atoms with E-state index in [-0.39, 0.29) is 6.04 Å². The van der Waals surface area contributed by atoms with E-state index in [4.69, 9.17) is 5.73 Å². The van der Waals surface area contributed by atoms with Gasteiger partial charge in [0.05, 0.1) is 6.26 Å². The molecular weight excluding hydrogens is 140 g/mol. The predicted octanol–water partition coefficient (Wildman–Crippen LogP) is -1.12. The van der Waals surface area contributed by atoms with E-state index in [1.54, 1.807) is 6.92 Å². The maximum atomic E-state index is 10.4. The molecule has 0 aromatic carbocycles. The second-order valence-electron chi connectivity index (χ2n) is 2.10. The van der Waals surface area contributed by atoms with Crippen molar-refractivity contribution in [1.82, 2.24) is 4.72 Å². The standard InChI is InChI=1S/C4H12N2O2S/c1-4(5)3-6-9(2,7)8/h4,6H,3,5H2,1-2H3. The molecule has 0 heterocycles. The molecule has 0 aliphatic carbocycles. The summed E-state index contributed by atoms with van der Waals surface area (Å²) in [7, 11) is -3.05. The van der Waals surface area contributed by atoms with Gasteiger partial charge in [0, 0.05) is 12.6 Å². The van der Waals surface area contributed by atoms with Crippen LogP contribution in [0.15, 0.2) is 0 Å². The van der Waals surface area contributed by atoms with Gasteiger partial charge in [-0.3, -0.25) is 0 Å². The van der Waals surface area contributed by atoms with Gasteiger partial charge in [-0.2, -0.15) is 0 Å². The number of nitrogens with two attached hydrogens (primary N) is 1. The van der Waals surface area contributed by atoms with Crippen LogP contribution in [0.25, 0.3) is 0 Å². The molecule has 0 aliphatic heterocycles. The first-order chi connectivity index (χ1) is 3.92. The zero-order valence-corrected chi connectivity index (χ0v) is 6.40. The fourth-order valence-electron chi connectivity index (χ4n) is 0.283. The Balaban J connectivity index is 3.53. The van der Waals surface area contributed by atoms with Crippen LogP contribution in [0.3, 0.4) is 0 Å². The fourth-order valence-corrected chi connectivity index (χ4v) is 0.848. The normalized spacial score (nSPS) is 15.4. The van der Waals surface area contributed by atoms with Crippen molar-refractivity contribution in [3.05, 3.63) is 0 Å². The molecule has 4 nitrogen and oxygen atoms in total. The summed E-state index contributed by atoms with van der Waals surface area (Å²) in [5.41, 5.74) is 5.27. The Hall–Kier alpha value is -0.130. The molecule has 1 atom stereocenters. The van der Waals surface area contributed by atoms with Crippen molar-refractivity contribution in [3.8, 4) is 0 Å². The van der Waals surface area contributed by atoms with E-state index in [2.05, 4.69) is 4.72 Å². The molecule has 1 unspecified atom stereocenters. The second kappa shape index (κ2) is 3.14. The first-order valence-electron chi connectivity index (χ1n) is 2.62. The summed E-state index contributed by atoms with van der Waals surface area (Å²) in [5, 5.41) is 0. The Labute approximate surface area is 55.5 Å². The number of hydrogen-bond donors (Lipinski definition) is 2. The molecule has 0 spiro atoms. The minimum atomic E-state index is -3.05. The molecule has 0 saturated carbocycles. The Kier molecular flexibility index (Phi) is 3.10. The van der Waals surface area contributed by atoms with Crippen molar-refractivity contribution >= 4 is 10.0 Å². The monoisotopic (exact) mass is 152 g/mol. The lowest BCUT2D eigenvalue weighted by atomic mass is 10.4. The molecule has 0 radical (unpaired) electrons. The van der Waals surface area contributed by atoms with Crippen molar-refractivity contribution in [2.75, 3.05) is 12.8 Å². The van der Waals surface area contributed by atoms with Gasteiger partial charge in [-0.05, 0) is 6.92 Å². The van der Waals surface area contributed by atoms with Crippen LogP contribution in [0.4, 0.5) is 0 Å². The number of nitrogens with one attached hydrogen (secondary N) is 1. The van der Waals surface area contributed by atoms with Gasteiger partial charge in [-0.15, -0.1) is 0 Å². The molecule has 9 heavy (non-hydrogen) atoms. The summed E-state index contributed by atoms with van der Waals surface area (Å²) in [4.78, 5) is 0. The summed E-state index contributed by atoms with van der Waals surface area (Å²) in [6, 6.07) is -0.125. The van der Waals surface area contributed by atoms with Crippen LogP contribution in [-0.2, 0) is 10.0 Å². The molecule has 0 aromatic heterocycles. The maximum Gasteiger partial charge on any atom is 0.208 e. The van der Waals surface area contributed by atoms with Crippen LogP contribution >= 0.6 is 0 Å². The largest absolute Gasteiger partial charge is 0.327 e. The molecule has 0 saturated heterocycles. The third-order valence-corrected chi connectivity index (χ3v) is 1.36. The van der Waals surface area contributed by atoms with E-state index in [0.717, 1.165) is 6.26 Å². The van der Waals surface area contributed by atoms with Gasteiger partial charge in [0.2, 0.25) is 10.0 Å². The van der Waals surface area contributed by atoms with E-state index in [0.29, 0.717) is 6.54 Å². The lowest BCUT2D eigenvalue weighted by Gasteiger charge is -2.03. The first kappa shape index (κ1) is 8.87. The molecule has 0 aromatic rings. The van der Waals surface area contributed by atoms with E-state index < -0.39 is 10.0 Å². The van der Waals surface area contributed by atoms with Crippen molar-refractivity contribution in [2.45, 2.75) is 13.0 Å². The highest BCUT2D eigenvalue weighted by molar-refractivity contribution is 7.88. The highest BCUT2D eigenvalue weighted by atomic mass is 32.2. The second-order valence-corrected chi connectivity index (χ2v) is 3.93. The van der Waals surface area contributed by atoms with Crippen molar-refractivity contribution < 1.29 is 8.42 Å². The lowest BCUT2D eigenvalue weighted by molar-refractivity contribution is 0.580. The topological polar surface area (TPSA) is 72.2 Å². The molecule has 56 valence electrons. The van der Waals surface area contributed by atoms with Crippen LogP contribution in [0, 0.1) is 0 Å². The van der Waals surface area contributed by atoms with Gasteiger partial charge >= 0.3 is 0 Å². The van der Waals surface area contributed by atoms with Crippen molar-refractivity contribution in [3.63, 3.8) is 0 Å². The molecule has 0 bridgehead atoms. The molecule has 0 rings (SSSR count). The SMILES string of the molecule is CC(N)CNS(C)(=O)=O. The molecule has 3 N–H and O–H groups in total. The Bertz CT molecular complexity index is 161. The van der Waals surface area contributed by atoms with Crippen LogP contribution in [-0.4, -0.2) is 27.3 Å². The predicted molar refractivity (Wildman–Crippen MR) is 36.5 cm³/mol. The van der Waals surface area contributed by atoms with E-state index in [1.165, 1.54) is 0 Å². The molecular formula is C4H12N2O2S. The van der Waals surface area contributed by atoms with Gasteiger partial charge in [0.25, 0.3) is 0 Å². The minimum absolute atomic E-state index is 0.125. The van der Waals surface area contributed by atoms with E-state index in [9.17, 15) is 8.42 Å². The van der Waals surface area contributed by atoms with Crippen LogP contribution < -0.4 is 10.5 Å². The highest BCUT2D eigenvalue weighted by Crippen LogP contribution is 1.75. The number of rotatable bonds is 3. The first-order valence-corrected chi connectivity index (χ1v) is 4.51. The van der Waals surface area contributed by atoms with E-state index >= 15 is 0 Å². The van der Waals surface area contributed by atoms with E-state index in [1.807, 2.05) is 0 Å². The van der Waals surface area contributed by atoms with Gasteiger partial charge in [0.15, 0.2) is 0 Å². The number of hydrogen-bond acceptors (Lipinski definition) is 3. The van der Waals surface area contributed by atoms with Crippen molar-refractivity contribution in [2.24, 2.45) is 5.73 Å². The molecule has 0 amide bonds. The average molecular weight is 152 g/mol. The third-order valence-electron chi connectivity index (χ3n) is 0.667. The zero-order chi connectivity index (χ0) is 7.49. The third kappa shape index (κ3) is 7.87. The summed E-state index contributed by atoms with van der Waals surface area (Å²) in [5.74, 6) is 0. The van der Waals surface area contributed by atoms with Gasteiger partial charge in [-0.25, -0.2) is 13.1 Å². The van der Waals surface area contributed by atoms with Gasteiger partial charge in [0.1, 0.15) is 0 Å². The van der Waals surface area contributed by atoms with Crippen LogP contribution in [0.2, 0.25) is 0 Å². The van der Waals surface area contributed by atoms with Gasteiger partial charge in [-0.1, -0.05) is 0 Å². The maximum absolute atomic E-state index is 10.4.